The van der Waals surface area contributed by atoms with Crippen LogP contribution in [0.5, 0.6) is 0 Å². The van der Waals surface area contributed by atoms with Crippen molar-refractivity contribution in [2.75, 3.05) is 37.1 Å². The summed E-state index contributed by atoms with van der Waals surface area (Å²) in [6.07, 6.45) is -4.67. The molecule has 21 heavy (non-hydrogen) atoms. The van der Waals surface area contributed by atoms with Crippen LogP contribution in [0, 0.1) is 0 Å². The van der Waals surface area contributed by atoms with Gasteiger partial charge in [-0.25, -0.2) is 23.5 Å². The van der Waals surface area contributed by atoms with Crippen molar-refractivity contribution < 1.29 is 21.6 Å². The maximum atomic E-state index is 12.6. The van der Waals surface area contributed by atoms with Gasteiger partial charge in [-0.05, 0) is 0 Å². The van der Waals surface area contributed by atoms with Gasteiger partial charge in [-0.3, -0.25) is 5.43 Å². The van der Waals surface area contributed by atoms with Crippen molar-refractivity contribution in [3.05, 3.63) is 11.8 Å². The lowest BCUT2D eigenvalue weighted by atomic mass is 10.4. The molecule has 0 radical (unpaired) electrons. The van der Waals surface area contributed by atoms with Crippen LogP contribution >= 0.6 is 0 Å². The predicted molar refractivity (Wildman–Crippen MR) is 70.8 cm³/mol. The first-order chi connectivity index (χ1) is 9.56. The van der Waals surface area contributed by atoms with Crippen LogP contribution < -0.4 is 16.6 Å². The van der Waals surface area contributed by atoms with E-state index in [1.54, 1.807) is 0 Å². The minimum absolute atomic E-state index is 0.112. The summed E-state index contributed by atoms with van der Waals surface area (Å²) < 4.78 is 61.9. The Morgan fingerprint density at radius 2 is 1.95 bits per heavy atom. The van der Waals surface area contributed by atoms with E-state index < -0.39 is 27.8 Å². The number of sulfonamides is 1. The number of hydrogen-bond donors (Lipinski definition) is 3. The van der Waals surface area contributed by atoms with E-state index in [-0.39, 0.29) is 18.1 Å². The predicted octanol–water partition coefficient (Wildman–Crippen LogP) is 0.0843. The van der Waals surface area contributed by atoms with Gasteiger partial charge >= 0.3 is 6.18 Å². The van der Waals surface area contributed by atoms with Gasteiger partial charge < -0.3 is 5.32 Å². The van der Waals surface area contributed by atoms with Crippen molar-refractivity contribution >= 4 is 21.8 Å². The monoisotopic (exact) mass is 328 g/mol. The molecular weight excluding hydrogens is 313 g/mol. The summed E-state index contributed by atoms with van der Waals surface area (Å²) in [6.45, 7) is -0.112. The van der Waals surface area contributed by atoms with Crippen LogP contribution in [-0.2, 0) is 16.2 Å². The molecule has 0 saturated heterocycles. The molecule has 4 N–H and O–H groups in total. The maximum absolute atomic E-state index is 12.6. The second-order valence-electron chi connectivity index (χ2n) is 4.13. The lowest BCUT2D eigenvalue weighted by Gasteiger charge is -2.13. The Morgan fingerprint density at radius 3 is 2.43 bits per heavy atom. The molecule has 0 unspecified atom stereocenters. The van der Waals surface area contributed by atoms with Crippen LogP contribution in [0.4, 0.5) is 24.9 Å². The van der Waals surface area contributed by atoms with Gasteiger partial charge in [0.25, 0.3) is 0 Å². The molecule has 1 aromatic rings. The van der Waals surface area contributed by atoms with Gasteiger partial charge in [-0.15, -0.1) is 0 Å². The molecule has 120 valence electrons. The highest BCUT2D eigenvalue weighted by molar-refractivity contribution is 7.89. The van der Waals surface area contributed by atoms with Crippen molar-refractivity contribution in [1.29, 1.82) is 0 Å². The SMILES string of the molecule is CN(C)S(=O)(=O)CCNc1cc(C(F)(F)F)nc(NN)n1. The molecule has 0 aliphatic heterocycles. The molecule has 8 nitrogen and oxygen atoms in total. The number of nitrogen functional groups attached to an aromatic ring is 1. The summed E-state index contributed by atoms with van der Waals surface area (Å²) in [5.41, 5.74) is 0.725. The number of hydrogen-bond acceptors (Lipinski definition) is 7. The van der Waals surface area contributed by atoms with Crippen LogP contribution in [0.2, 0.25) is 0 Å². The van der Waals surface area contributed by atoms with Gasteiger partial charge in [0.2, 0.25) is 16.0 Å². The first kappa shape index (κ1) is 17.4. The van der Waals surface area contributed by atoms with E-state index in [0.29, 0.717) is 6.07 Å². The molecule has 0 aliphatic carbocycles. The van der Waals surface area contributed by atoms with E-state index in [4.69, 9.17) is 5.84 Å². The molecule has 0 amide bonds. The van der Waals surface area contributed by atoms with E-state index in [0.717, 1.165) is 4.31 Å². The molecule has 12 heteroatoms. The first-order valence-corrected chi connectivity index (χ1v) is 7.24. The number of nitrogens with zero attached hydrogens (tertiary/aromatic N) is 3. The van der Waals surface area contributed by atoms with Crippen molar-refractivity contribution in [2.45, 2.75) is 6.18 Å². The highest BCUT2D eigenvalue weighted by Gasteiger charge is 2.33. The number of alkyl halides is 3. The molecule has 1 heterocycles. The number of nitrogens with two attached hydrogens (primary N) is 1. The van der Waals surface area contributed by atoms with Crippen molar-refractivity contribution in [3.63, 3.8) is 0 Å². The second-order valence-corrected chi connectivity index (χ2v) is 6.43. The summed E-state index contributed by atoms with van der Waals surface area (Å²) >= 11 is 0. The fourth-order valence-corrected chi connectivity index (χ4v) is 1.96. The summed E-state index contributed by atoms with van der Waals surface area (Å²) in [5.74, 6) is 4.09. The Morgan fingerprint density at radius 1 is 1.33 bits per heavy atom. The van der Waals surface area contributed by atoms with Gasteiger partial charge in [-0.2, -0.15) is 18.2 Å². The molecular formula is C9H15F3N6O2S. The lowest BCUT2D eigenvalue weighted by Crippen LogP contribution is -2.28. The van der Waals surface area contributed by atoms with Crippen LogP contribution in [0.15, 0.2) is 6.07 Å². The lowest BCUT2D eigenvalue weighted by molar-refractivity contribution is -0.141. The normalized spacial score (nSPS) is 12.5. The summed E-state index contributed by atoms with van der Waals surface area (Å²) in [4.78, 5) is 6.83. The third kappa shape index (κ3) is 4.99. The number of halogens is 3. The van der Waals surface area contributed by atoms with Crippen molar-refractivity contribution in [3.8, 4) is 0 Å². The Bertz CT molecular complexity index is 590. The number of nitrogens with one attached hydrogen (secondary N) is 2. The third-order valence-corrected chi connectivity index (χ3v) is 4.20. The quantitative estimate of drug-likeness (QED) is 0.501. The minimum Gasteiger partial charge on any atom is -0.369 e. The van der Waals surface area contributed by atoms with Crippen LogP contribution in [0.1, 0.15) is 5.69 Å². The molecule has 0 spiro atoms. The maximum Gasteiger partial charge on any atom is 0.433 e. The highest BCUT2D eigenvalue weighted by Crippen LogP contribution is 2.29. The number of hydrazine groups is 1. The average molecular weight is 328 g/mol. The number of aromatic nitrogens is 2. The zero-order valence-electron chi connectivity index (χ0n) is 11.3. The highest BCUT2D eigenvalue weighted by atomic mass is 32.2. The standard InChI is InChI=1S/C9H15F3N6O2S/c1-18(2)21(19,20)4-3-14-7-5-6(9(10,11)12)15-8(16-7)17-13/h5H,3-4,13H2,1-2H3,(H2,14,15,16,17). The molecule has 0 atom stereocenters. The minimum atomic E-state index is -4.67. The summed E-state index contributed by atoms with van der Waals surface area (Å²) in [6, 6.07) is 0.670. The van der Waals surface area contributed by atoms with Crippen LogP contribution in [-0.4, -0.2) is 49.1 Å². The fraction of sp³-hybridized carbons (Fsp3) is 0.556. The number of anilines is 2. The summed E-state index contributed by atoms with van der Waals surface area (Å²) in [7, 11) is -0.739. The van der Waals surface area contributed by atoms with Gasteiger partial charge in [0.05, 0.1) is 5.75 Å². The van der Waals surface area contributed by atoms with E-state index in [2.05, 4.69) is 15.3 Å². The second kappa shape index (κ2) is 6.41. The first-order valence-electron chi connectivity index (χ1n) is 5.63. The van der Waals surface area contributed by atoms with E-state index in [1.807, 2.05) is 5.43 Å². The average Bonchev–Trinajstić information content (AvgIpc) is 2.36. The largest absolute Gasteiger partial charge is 0.433 e. The summed E-state index contributed by atoms with van der Waals surface area (Å²) in [5, 5.41) is 2.49. The van der Waals surface area contributed by atoms with Crippen molar-refractivity contribution in [2.24, 2.45) is 5.84 Å². The van der Waals surface area contributed by atoms with E-state index in [9.17, 15) is 21.6 Å². The van der Waals surface area contributed by atoms with E-state index in [1.165, 1.54) is 14.1 Å². The van der Waals surface area contributed by atoms with Gasteiger partial charge in [0, 0.05) is 26.7 Å². The smallest absolute Gasteiger partial charge is 0.369 e. The molecule has 0 fully saturated rings. The van der Waals surface area contributed by atoms with E-state index >= 15 is 0 Å². The van der Waals surface area contributed by atoms with Gasteiger partial charge in [0.15, 0.2) is 5.69 Å². The molecule has 0 bridgehead atoms. The Balaban J connectivity index is 2.85. The van der Waals surface area contributed by atoms with Gasteiger partial charge in [0.1, 0.15) is 5.82 Å². The van der Waals surface area contributed by atoms with Crippen LogP contribution in [0.3, 0.4) is 0 Å². The zero-order valence-corrected chi connectivity index (χ0v) is 12.1. The molecule has 0 aromatic carbocycles. The third-order valence-electron chi connectivity index (χ3n) is 2.37. The van der Waals surface area contributed by atoms with Crippen molar-refractivity contribution in [1.82, 2.24) is 14.3 Å². The Kier molecular flexibility index (Phi) is 5.31. The Hall–Kier alpha value is -1.66. The fourth-order valence-electron chi connectivity index (χ4n) is 1.24. The zero-order chi connectivity index (χ0) is 16.3. The molecule has 0 saturated carbocycles. The topological polar surface area (TPSA) is 113 Å². The molecule has 1 rings (SSSR count). The Labute approximate surface area is 119 Å². The van der Waals surface area contributed by atoms with Crippen LogP contribution in [0.25, 0.3) is 0 Å². The number of rotatable bonds is 6. The molecule has 0 aliphatic rings. The van der Waals surface area contributed by atoms with Gasteiger partial charge in [-0.1, -0.05) is 0 Å². The molecule has 1 aromatic heterocycles.